The number of anilines is 1. The number of aromatic nitrogens is 4. The standard InChI is InChI=1S/C15H22ClFN6O2S/c1-9(2)6-13-20-14(16)12-7-18-15(21-23(12)13)19-11-4-5-22(8-10(11)17)26(3,24)25/h7,9-11H,4-6,8H2,1-3H3,(H,19,21)/t10-,11+/m0/s1. The van der Waals surface area contributed by atoms with Gasteiger partial charge in [0, 0.05) is 19.5 Å². The number of hydrogen-bond acceptors (Lipinski definition) is 6. The number of fused-ring (bicyclic) bond motifs is 1. The third-order valence-corrected chi connectivity index (χ3v) is 5.84. The predicted octanol–water partition coefficient (Wildman–Crippen LogP) is 1.76. The van der Waals surface area contributed by atoms with Gasteiger partial charge in [-0.3, -0.25) is 0 Å². The summed E-state index contributed by atoms with van der Waals surface area (Å²) < 4.78 is 40.3. The van der Waals surface area contributed by atoms with E-state index >= 15 is 0 Å². The minimum Gasteiger partial charge on any atom is -0.347 e. The summed E-state index contributed by atoms with van der Waals surface area (Å²) in [5.41, 5.74) is 0.594. The van der Waals surface area contributed by atoms with Gasteiger partial charge in [0.15, 0.2) is 5.15 Å². The van der Waals surface area contributed by atoms with Gasteiger partial charge in [-0.15, -0.1) is 5.10 Å². The topological polar surface area (TPSA) is 92.5 Å². The van der Waals surface area contributed by atoms with E-state index in [9.17, 15) is 12.8 Å². The molecule has 1 aliphatic rings. The monoisotopic (exact) mass is 404 g/mol. The molecule has 26 heavy (non-hydrogen) atoms. The molecule has 0 radical (unpaired) electrons. The van der Waals surface area contributed by atoms with Crippen LogP contribution in [0.4, 0.5) is 10.3 Å². The van der Waals surface area contributed by atoms with E-state index in [0.29, 0.717) is 35.3 Å². The maximum atomic E-state index is 14.4. The predicted molar refractivity (Wildman–Crippen MR) is 97.7 cm³/mol. The molecule has 0 aliphatic carbocycles. The van der Waals surface area contributed by atoms with Crippen LogP contribution in [0.3, 0.4) is 0 Å². The van der Waals surface area contributed by atoms with Crippen LogP contribution in [0.2, 0.25) is 5.15 Å². The summed E-state index contributed by atoms with van der Waals surface area (Å²) in [5.74, 6) is 1.35. The maximum Gasteiger partial charge on any atom is 0.241 e. The molecule has 11 heteroatoms. The minimum atomic E-state index is -3.39. The minimum absolute atomic E-state index is 0.172. The molecule has 2 aromatic rings. The second-order valence-corrected chi connectivity index (χ2v) is 9.31. The summed E-state index contributed by atoms with van der Waals surface area (Å²) in [7, 11) is -3.39. The average Bonchev–Trinajstić information content (AvgIpc) is 2.83. The number of alkyl halides is 1. The van der Waals surface area contributed by atoms with E-state index in [0.717, 1.165) is 10.6 Å². The SMILES string of the molecule is CC(C)Cc1nc(Cl)c2cnc(N[C@@H]3CCN(S(C)(=O)=O)C[C@@H]3F)nn12. The van der Waals surface area contributed by atoms with Crippen molar-refractivity contribution in [3.05, 3.63) is 17.2 Å². The van der Waals surface area contributed by atoms with Gasteiger partial charge in [-0.1, -0.05) is 25.4 Å². The normalized spacial score (nSPS) is 22.2. The van der Waals surface area contributed by atoms with Crippen molar-refractivity contribution in [1.82, 2.24) is 23.9 Å². The lowest BCUT2D eigenvalue weighted by atomic mass is 10.1. The number of halogens is 2. The fraction of sp³-hybridized carbons (Fsp3) is 0.667. The number of sulfonamides is 1. The largest absolute Gasteiger partial charge is 0.347 e. The summed E-state index contributed by atoms with van der Waals surface area (Å²) in [4.78, 5) is 8.51. The fourth-order valence-corrected chi connectivity index (χ4v) is 4.05. The first-order valence-corrected chi connectivity index (χ1v) is 10.6. The maximum absolute atomic E-state index is 14.4. The van der Waals surface area contributed by atoms with E-state index in [2.05, 4.69) is 34.2 Å². The molecule has 0 aromatic carbocycles. The van der Waals surface area contributed by atoms with Crippen LogP contribution >= 0.6 is 11.6 Å². The Balaban J connectivity index is 1.79. The van der Waals surface area contributed by atoms with Crippen molar-refractivity contribution >= 4 is 33.1 Å². The number of nitrogens with zero attached hydrogens (tertiary/aromatic N) is 5. The van der Waals surface area contributed by atoms with Crippen LogP contribution < -0.4 is 5.32 Å². The van der Waals surface area contributed by atoms with E-state index < -0.39 is 22.2 Å². The van der Waals surface area contributed by atoms with Crippen molar-refractivity contribution in [2.24, 2.45) is 5.92 Å². The van der Waals surface area contributed by atoms with Crippen LogP contribution in [0.1, 0.15) is 26.1 Å². The Kier molecular flexibility index (Phi) is 5.36. The summed E-state index contributed by atoms with van der Waals surface area (Å²) in [6, 6.07) is -0.557. The Labute approximate surface area is 156 Å². The molecule has 144 valence electrons. The highest BCUT2D eigenvalue weighted by Gasteiger charge is 2.33. The van der Waals surface area contributed by atoms with Crippen molar-refractivity contribution in [2.45, 2.75) is 38.9 Å². The number of nitrogens with one attached hydrogen (secondary N) is 1. The highest BCUT2D eigenvalue weighted by atomic mass is 35.5. The van der Waals surface area contributed by atoms with E-state index in [4.69, 9.17) is 11.6 Å². The molecular formula is C15H22ClFN6O2S. The zero-order valence-electron chi connectivity index (χ0n) is 14.9. The Morgan fingerprint density at radius 2 is 2.19 bits per heavy atom. The van der Waals surface area contributed by atoms with Gasteiger partial charge in [0.1, 0.15) is 17.5 Å². The zero-order chi connectivity index (χ0) is 19.1. The Hall–Kier alpha value is -1.52. The molecule has 0 bridgehead atoms. The molecule has 3 heterocycles. The first-order valence-electron chi connectivity index (χ1n) is 8.41. The van der Waals surface area contributed by atoms with Crippen LogP contribution in [0.5, 0.6) is 0 Å². The molecule has 0 amide bonds. The Morgan fingerprint density at radius 3 is 2.81 bits per heavy atom. The van der Waals surface area contributed by atoms with Crippen molar-refractivity contribution in [2.75, 3.05) is 24.7 Å². The third kappa shape index (κ3) is 4.07. The average molecular weight is 405 g/mol. The van der Waals surface area contributed by atoms with Crippen LogP contribution in [0.25, 0.3) is 5.52 Å². The summed E-state index contributed by atoms with van der Waals surface area (Å²) in [6.07, 6.45) is 2.32. The molecule has 0 saturated carbocycles. The first kappa shape index (κ1) is 19.2. The summed E-state index contributed by atoms with van der Waals surface area (Å²) in [6.45, 7) is 4.22. The zero-order valence-corrected chi connectivity index (χ0v) is 16.4. The lowest BCUT2D eigenvalue weighted by molar-refractivity contribution is 0.186. The lowest BCUT2D eigenvalue weighted by Gasteiger charge is -2.33. The molecule has 2 atom stereocenters. The molecule has 3 rings (SSSR count). The highest BCUT2D eigenvalue weighted by Crippen LogP contribution is 2.22. The van der Waals surface area contributed by atoms with Gasteiger partial charge in [-0.25, -0.2) is 27.3 Å². The van der Waals surface area contributed by atoms with E-state index in [1.807, 2.05) is 0 Å². The summed E-state index contributed by atoms with van der Waals surface area (Å²) in [5, 5.41) is 7.70. The lowest BCUT2D eigenvalue weighted by Crippen LogP contribution is -2.49. The molecule has 1 fully saturated rings. The molecular weight excluding hydrogens is 383 g/mol. The van der Waals surface area contributed by atoms with Gasteiger partial charge >= 0.3 is 0 Å². The Bertz CT molecular complexity index is 903. The quantitative estimate of drug-likeness (QED) is 0.816. The van der Waals surface area contributed by atoms with Crippen LogP contribution in [0, 0.1) is 5.92 Å². The second kappa shape index (κ2) is 7.24. The van der Waals surface area contributed by atoms with Gasteiger partial charge in [0.05, 0.1) is 18.5 Å². The van der Waals surface area contributed by atoms with E-state index in [1.54, 1.807) is 10.7 Å². The molecule has 2 aromatic heterocycles. The van der Waals surface area contributed by atoms with Gasteiger partial charge in [0.25, 0.3) is 0 Å². The Morgan fingerprint density at radius 1 is 1.46 bits per heavy atom. The molecule has 1 N–H and O–H groups in total. The van der Waals surface area contributed by atoms with Crippen LogP contribution in [-0.4, -0.2) is 63.9 Å². The van der Waals surface area contributed by atoms with Gasteiger partial charge < -0.3 is 5.32 Å². The number of hydrogen-bond donors (Lipinski definition) is 1. The smallest absolute Gasteiger partial charge is 0.241 e. The van der Waals surface area contributed by atoms with Crippen molar-refractivity contribution in [3.8, 4) is 0 Å². The number of rotatable bonds is 5. The molecule has 0 unspecified atom stereocenters. The van der Waals surface area contributed by atoms with Crippen LogP contribution in [0.15, 0.2) is 6.20 Å². The first-order chi connectivity index (χ1) is 12.1. The van der Waals surface area contributed by atoms with Crippen molar-refractivity contribution in [3.63, 3.8) is 0 Å². The van der Waals surface area contributed by atoms with E-state index in [1.165, 1.54) is 0 Å². The number of imidazole rings is 1. The number of piperidine rings is 1. The highest BCUT2D eigenvalue weighted by molar-refractivity contribution is 7.88. The van der Waals surface area contributed by atoms with E-state index in [-0.39, 0.29) is 19.0 Å². The third-order valence-electron chi connectivity index (χ3n) is 4.29. The van der Waals surface area contributed by atoms with Crippen LogP contribution in [-0.2, 0) is 16.4 Å². The van der Waals surface area contributed by atoms with Gasteiger partial charge in [-0.2, -0.15) is 4.31 Å². The molecule has 1 aliphatic heterocycles. The molecule has 8 nitrogen and oxygen atoms in total. The van der Waals surface area contributed by atoms with Crippen molar-refractivity contribution < 1.29 is 12.8 Å². The van der Waals surface area contributed by atoms with Gasteiger partial charge in [0.2, 0.25) is 16.0 Å². The fourth-order valence-electron chi connectivity index (χ4n) is 2.98. The van der Waals surface area contributed by atoms with Crippen molar-refractivity contribution in [1.29, 1.82) is 0 Å². The molecule has 0 spiro atoms. The second-order valence-electron chi connectivity index (χ2n) is 6.97. The summed E-state index contributed by atoms with van der Waals surface area (Å²) >= 11 is 6.13. The van der Waals surface area contributed by atoms with Gasteiger partial charge in [-0.05, 0) is 12.3 Å². The molecule has 1 saturated heterocycles.